The van der Waals surface area contributed by atoms with Crippen LogP contribution in [-0.2, 0) is 0 Å². The van der Waals surface area contributed by atoms with Crippen molar-refractivity contribution in [2.45, 2.75) is 4.90 Å². The first-order chi connectivity index (χ1) is 10.1. The first kappa shape index (κ1) is 13.5. The minimum atomic E-state index is -0.386. The van der Waals surface area contributed by atoms with E-state index in [2.05, 4.69) is 0 Å². The number of fused-ring (bicyclic) bond motifs is 1. The normalized spacial score (nSPS) is 13.5. The fraction of sp³-hybridized carbons (Fsp3) is 0.0667. The number of hydrogen-bond acceptors (Lipinski definition) is 5. The van der Waals surface area contributed by atoms with Crippen molar-refractivity contribution >= 4 is 23.8 Å². The van der Waals surface area contributed by atoms with Crippen LogP contribution in [-0.4, -0.2) is 28.3 Å². The molecule has 0 unspecified atom stereocenters. The topological polar surface area (TPSA) is 66.8 Å². The van der Waals surface area contributed by atoms with Crippen LogP contribution in [0.25, 0.3) is 0 Å². The molecule has 0 saturated carbocycles. The number of nitrogens with zero attached hydrogens (tertiary/aromatic N) is 1. The number of methoxy groups -OCH3 is 1. The molecule has 106 valence electrons. The Morgan fingerprint density at radius 2 is 1.67 bits per heavy atom. The van der Waals surface area contributed by atoms with Gasteiger partial charge in [0.15, 0.2) is 0 Å². The number of ether oxygens (including phenoxy) is 1. The zero-order valence-electron chi connectivity index (χ0n) is 11.1. The molecule has 6 heteroatoms. The summed E-state index contributed by atoms with van der Waals surface area (Å²) in [5, 5.41) is 9.85. The zero-order valence-corrected chi connectivity index (χ0v) is 11.9. The summed E-state index contributed by atoms with van der Waals surface area (Å²) in [5.74, 6) is -0.255. The first-order valence-electron chi connectivity index (χ1n) is 6.14. The van der Waals surface area contributed by atoms with Crippen molar-refractivity contribution in [3.8, 4) is 11.5 Å². The fourth-order valence-corrected chi connectivity index (χ4v) is 2.93. The summed E-state index contributed by atoms with van der Waals surface area (Å²) >= 11 is 0.884. The van der Waals surface area contributed by atoms with E-state index >= 15 is 0 Å². The van der Waals surface area contributed by atoms with E-state index in [1.165, 1.54) is 13.2 Å². The second kappa shape index (κ2) is 5.14. The lowest BCUT2D eigenvalue weighted by Crippen LogP contribution is -2.21. The molecule has 5 nitrogen and oxygen atoms in total. The Labute approximate surface area is 125 Å². The van der Waals surface area contributed by atoms with Gasteiger partial charge in [-0.15, -0.1) is 0 Å². The molecule has 2 aromatic carbocycles. The molecule has 1 aliphatic rings. The molecule has 0 fully saturated rings. The van der Waals surface area contributed by atoms with Gasteiger partial charge in [0.25, 0.3) is 11.8 Å². The number of benzene rings is 2. The van der Waals surface area contributed by atoms with Crippen LogP contribution in [0.4, 0.5) is 0 Å². The number of aromatic hydroxyl groups is 1. The Balaban J connectivity index is 1.94. The van der Waals surface area contributed by atoms with Crippen molar-refractivity contribution < 1.29 is 19.4 Å². The lowest BCUT2D eigenvalue weighted by molar-refractivity contribution is 0.0777. The molecule has 0 radical (unpaired) electrons. The molecule has 2 amide bonds. The van der Waals surface area contributed by atoms with Gasteiger partial charge in [0.05, 0.1) is 23.1 Å². The summed E-state index contributed by atoms with van der Waals surface area (Å²) in [6, 6.07) is 11.3. The summed E-state index contributed by atoms with van der Waals surface area (Å²) in [4.78, 5) is 24.9. The monoisotopic (exact) mass is 301 g/mol. The highest BCUT2D eigenvalue weighted by atomic mass is 32.2. The van der Waals surface area contributed by atoms with Gasteiger partial charge >= 0.3 is 0 Å². The van der Waals surface area contributed by atoms with E-state index in [1.807, 2.05) is 0 Å². The lowest BCUT2D eigenvalue weighted by atomic mass is 10.1. The Bertz CT molecular complexity index is 709. The highest BCUT2D eigenvalue weighted by molar-refractivity contribution is 7.98. The predicted molar refractivity (Wildman–Crippen MR) is 77.5 cm³/mol. The third-order valence-corrected chi connectivity index (χ3v) is 4.15. The van der Waals surface area contributed by atoms with Gasteiger partial charge < -0.3 is 9.84 Å². The van der Waals surface area contributed by atoms with Crippen LogP contribution >= 0.6 is 11.9 Å². The lowest BCUT2D eigenvalue weighted by Gasteiger charge is -2.13. The molecule has 0 atom stereocenters. The average molecular weight is 301 g/mol. The van der Waals surface area contributed by atoms with Crippen molar-refractivity contribution in [1.29, 1.82) is 0 Å². The van der Waals surface area contributed by atoms with Gasteiger partial charge in [-0.05, 0) is 30.3 Å². The van der Waals surface area contributed by atoms with Crippen molar-refractivity contribution in [2.24, 2.45) is 0 Å². The molecule has 2 aromatic rings. The molecule has 21 heavy (non-hydrogen) atoms. The van der Waals surface area contributed by atoms with Crippen molar-refractivity contribution in [3.63, 3.8) is 0 Å². The summed E-state index contributed by atoms with van der Waals surface area (Å²) in [5.41, 5.74) is 0.745. The third kappa shape index (κ3) is 2.23. The van der Waals surface area contributed by atoms with Crippen molar-refractivity contribution in [1.82, 2.24) is 4.31 Å². The Morgan fingerprint density at radius 3 is 2.24 bits per heavy atom. The van der Waals surface area contributed by atoms with E-state index in [-0.39, 0.29) is 17.6 Å². The molecular formula is C15H11NO4S. The van der Waals surface area contributed by atoms with E-state index in [4.69, 9.17) is 4.74 Å². The van der Waals surface area contributed by atoms with Gasteiger partial charge in [0, 0.05) is 11.9 Å². The molecule has 0 aromatic heterocycles. The molecule has 3 rings (SSSR count). The van der Waals surface area contributed by atoms with Crippen LogP contribution in [0.1, 0.15) is 20.7 Å². The smallest absolute Gasteiger partial charge is 0.272 e. The van der Waals surface area contributed by atoms with E-state index in [0.29, 0.717) is 21.8 Å². The molecule has 0 aliphatic carbocycles. The predicted octanol–water partition coefficient (Wildman–Crippen LogP) is 2.70. The van der Waals surface area contributed by atoms with E-state index in [9.17, 15) is 14.7 Å². The highest BCUT2D eigenvalue weighted by Crippen LogP contribution is 2.38. The molecule has 1 N–H and O–H groups in total. The number of phenols is 1. The van der Waals surface area contributed by atoms with E-state index < -0.39 is 0 Å². The van der Waals surface area contributed by atoms with Crippen LogP contribution in [0.3, 0.4) is 0 Å². The quantitative estimate of drug-likeness (QED) is 0.697. The third-order valence-electron chi connectivity index (χ3n) is 3.11. The maximum absolute atomic E-state index is 12.2. The molecule has 0 bridgehead atoms. The fourth-order valence-electron chi connectivity index (χ4n) is 2.04. The minimum Gasteiger partial charge on any atom is -0.507 e. The van der Waals surface area contributed by atoms with E-state index in [1.54, 1.807) is 36.4 Å². The Morgan fingerprint density at radius 1 is 1.05 bits per heavy atom. The number of carbonyl (C=O) groups is 2. The Kier molecular flexibility index (Phi) is 3.31. The average Bonchev–Trinajstić information content (AvgIpc) is 2.75. The summed E-state index contributed by atoms with van der Waals surface area (Å²) < 4.78 is 6.12. The number of carbonyl (C=O) groups excluding carboxylic acids is 2. The number of hydrogen-bond donors (Lipinski definition) is 1. The van der Waals surface area contributed by atoms with Gasteiger partial charge in [-0.2, -0.15) is 0 Å². The van der Waals surface area contributed by atoms with E-state index in [0.717, 1.165) is 16.3 Å². The van der Waals surface area contributed by atoms with Gasteiger partial charge in [-0.3, -0.25) is 9.59 Å². The first-order valence-corrected chi connectivity index (χ1v) is 6.92. The van der Waals surface area contributed by atoms with Gasteiger partial charge in [-0.1, -0.05) is 12.1 Å². The van der Waals surface area contributed by atoms with Crippen LogP contribution in [0.15, 0.2) is 47.4 Å². The standard InChI is InChI=1S/C15H11NO4S/c1-20-9-6-7-12(17)13(8-9)21-16-14(18)10-4-2-3-5-11(10)15(16)19/h2-8,17H,1H3. The van der Waals surface area contributed by atoms with Gasteiger partial charge in [0.2, 0.25) is 0 Å². The van der Waals surface area contributed by atoms with Gasteiger partial charge in [0.1, 0.15) is 11.5 Å². The molecule has 1 heterocycles. The maximum atomic E-state index is 12.2. The van der Waals surface area contributed by atoms with Gasteiger partial charge in [-0.25, -0.2) is 4.31 Å². The number of amides is 2. The summed E-state index contributed by atoms with van der Waals surface area (Å²) in [7, 11) is 1.50. The van der Waals surface area contributed by atoms with Crippen LogP contribution in [0.5, 0.6) is 11.5 Å². The second-order valence-corrected chi connectivity index (χ2v) is 5.36. The molecule has 0 saturated heterocycles. The number of phenolic OH excluding ortho intramolecular Hbond substituents is 1. The summed E-state index contributed by atoms with van der Waals surface area (Å²) in [6.07, 6.45) is 0. The molecule has 1 aliphatic heterocycles. The largest absolute Gasteiger partial charge is 0.507 e. The Hall–Kier alpha value is -2.47. The van der Waals surface area contributed by atoms with Crippen LogP contribution in [0, 0.1) is 0 Å². The molecule has 0 spiro atoms. The van der Waals surface area contributed by atoms with Crippen molar-refractivity contribution in [2.75, 3.05) is 7.11 Å². The van der Waals surface area contributed by atoms with Crippen LogP contribution < -0.4 is 4.74 Å². The van der Waals surface area contributed by atoms with Crippen LogP contribution in [0.2, 0.25) is 0 Å². The number of rotatable bonds is 3. The minimum absolute atomic E-state index is 0.0163. The maximum Gasteiger partial charge on any atom is 0.272 e. The molecular weight excluding hydrogens is 290 g/mol. The SMILES string of the molecule is COc1ccc(O)c(SN2C(=O)c3ccccc3C2=O)c1. The summed E-state index contributed by atoms with van der Waals surface area (Å²) in [6.45, 7) is 0. The van der Waals surface area contributed by atoms with Crippen molar-refractivity contribution in [3.05, 3.63) is 53.6 Å². The zero-order chi connectivity index (χ0) is 15.0. The highest BCUT2D eigenvalue weighted by Gasteiger charge is 2.36. The second-order valence-electron chi connectivity index (χ2n) is 4.38. The number of imide groups is 1.